The summed E-state index contributed by atoms with van der Waals surface area (Å²) in [5.41, 5.74) is 37.1. The van der Waals surface area contributed by atoms with Crippen LogP contribution < -0.4 is 34.4 Å². The lowest BCUT2D eigenvalue weighted by Crippen LogP contribution is -2.55. The Morgan fingerprint density at radius 2 is 0.793 bits per heavy atom. The minimum atomic E-state index is -3.81. The van der Waals surface area contributed by atoms with Crippen molar-refractivity contribution in [2.24, 2.45) is 74.6 Å². The number of ether oxygens (including phenoxy) is 6. The Balaban J connectivity index is 0.000000200. The molecule has 0 aromatic rings. The molecule has 6 saturated heterocycles. The Labute approximate surface area is 678 Å². The van der Waals surface area contributed by atoms with Crippen molar-refractivity contribution in [1.29, 1.82) is 5.26 Å². The Morgan fingerprint density at radius 1 is 0.471 bits per heavy atom. The summed E-state index contributed by atoms with van der Waals surface area (Å²) in [5, 5.41) is 150. The number of aliphatic imine (C=N–C) groups is 6. The average molecular weight is 1730 g/mol. The number of amidine groups is 6. The molecule has 26 N–H and O–H groups in total. The predicted octanol–water partition coefficient (Wildman–Crippen LogP) is -4.42. The van der Waals surface area contributed by atoms with Crippen LogP contribution in [0.1, 0.15) is 6.92 Å². The van der Waals surface area contributed by atoms with Crippen LogP contribution in [0.5, 0.6) is 0 Å². The Kier molecular flexibility index (Phi) is 29.9. The molecular weight excluding hydrogens is 1650 g/mol. The van der Waals surface area contributed by atoms with Gasteiger partial charge in [0.15, 0.2) is 48.1 Å². The minimum absolute atomic E-state index is 0.0286. The number of azide groups is 2. The summed E-state index contributed by atoms with van der Waals surface area (Å²) in [6.07, 6.45) is -4.08. The number of hydrogen-bond acceptors (Lipinski definition) is 41. The van der Waals surface area contributed by atoms with Crippen LogP contribution in [0.3, 0.4) is 0 Å². The van der Waals surface area contributed by atoms with Crippen molar-refractivity contribution in [2.75, 3.05) is 59.4 Å². The first-order valence-electron chi connectivity index (χ1n) is 34.6. The van der Waals surface area contributed by atoms with Crippen LogP contribution in [0.25, 0.3) is 20.9 Å². The Morgan fingerprint density at radius 3 is 1.09 bits per heavy atom. The quantitative estimate of drug-likeness (QED) is 0.0215. The highest BCUT2D eigenvalue weighted by Gasteiger charge is 2.71. The SMILES string of the molecule is C#C[C@]1(CO)O[C@@H](N2C=CC(N)=NC2=C)C(F)(F)[C@@H]1O.C=C1N=C(N)C=CN1[C@@H]1O[C@@](CO)(CN=[N+]=[N-])[C@@H](O)C1(F)F.C=C1N=C(N)C=CN1[C@@H]1O[C@@](CO)(CN=[N+]=[N-])[C@@H](O)[C@H]1O.C=C1N=C(N)C=CN1[C@@H]1O[C@H](CO)[C@@H](O)[C@]1(O)CF.C=C1N=C(N)C=CN1[C@@H]1O[C@](C#N)(CO)[C@@H](O)C1(F)F.C=C1N=C(N)C=CN1[C@@H]1O[C@](C)(CO)[C@@H](O)C1(F)F. The van der Waals surface area contributed by atoms with Crippen LogP contribution in [-0.2, 0) is 28.4 Å². The number of nitriles is 1. The van der Waals surface area contributed by atoms with Gasteiger partial charge in [-0.3, -0.25) is 0 Å². The van der Waals surface area contributed by atoms with Crippen molar-refractivity contribution in [1.82, 2.24) is 29.4 Å². The van der Waals surface area contributed by atoms with E-state index in [1.807, 2.05) is 5.92 Å². The zero-order valence-corrected chi connectivity index (χ0v) is 63.3. The van der Waals surface area contributed by atoms with Gasteiger partial charge in [0.25, 0.3) is 0 Å². The second kappa shape index (κ2) is 37.4. The van der Waals surface area contributed by atoms with Crippen molar-refractivity contribution in [3.05, 3.63) is 169 Å². The normalized spacial score (nSPS) is 36.1. The fraction of sp³-hybridized carbons (Fsp3) is 0.507. The van der Waals surface area contributed by atoms with Crippen molar-refractivity contribution in [3.63, 3.8) is 0 Å². The zero-order chi connectivity index (χ0) is 91.1. The summed E-state index contributed by atoms with van der Waals surface area (Å²) in [7, 11) is 0. The van der Waals surface area contributed by atoms with Crippen molar-refractivity contribution in [3.8, 4) is 18.4 Å². The van der Waals surface area contributed by atoms with Gasteiger partial charge in [-0.2, -0.15) is 40.4 Å². The molecule has 662 valence electrons. The van der Waals surface area contributed by atoms with Gasteiger partial charge in [-0.05, 0) is 54.4 Å². The first-order chi connectivity index (χ1) is 56.4. The third kappa shape index (κ3) is 18.7. The van der Waals surface area contributed by atoms with E-state index in [1.165, 1.54) is 90.2 Å². The largest absolute Gasteiger partial charge is 0.394 e. The van der Waals surface area contributed by atoms with Crippen molar-refractivity contribution < 1.29 is 139 Å². The standard InChI is InChI=1S/C12H13F2N3O3.C11H14F2N6O3.C11H12F2N4O3.C11H15F2N3O3.C11H16FN3O4.C11H16N6O4/c1-3-11(6-18)9(19)12(13,14)10(20-11)17-5-4-8(15)16-7(17)2;1-6-17-7(14)2-3-19(6)9-11(12,13)8(21)10(5-20,22-9)4-16-18-15;1-6-16-7(15)2-3-17(6)9-11(12,13)8(19)10(4-14,5-18)20-9;1-6-15-7(14)3-4-16(6)9-11(12,13)8(18)10(2,5-17)19-9;1-6-14-8(13)2-3-15(6)10-11(18,5-12)9(17)7(4-16)19-10;1-6-15-7(12)2-3-17(6)10-8(19)9(20)11(5-18,21-10)4-14-16-13/h1,4-5,9-10,18-19H,2,6H2,(H2,15,16);2-3,8-9,20-21H,1,4-5H2,(H2,14,17);2-3,8-9,18-19H,1,5H2,(H2,15,16);3-4,8-9,17-18H,1,5H2,2H3,(H2,14,15);2-3,7,9-10,16-18H,1,4-5H2,(H2,13,14);2-3,8-10,18-20H,1,4-5H2,(H2,12,15)/t9-,10-,11-;3*8-,9-,10-;7-,9-,10-,11-;8-,9+,10-,11-/m111111/s1. The van der Waals surface area contributed by atoms with Gasteiger partial charge in [0.1, 0.15) is 124 Å². The zero-order valence-electron chi connectivity index (χ0n) is 63.3. The van der Waals surface area contributed by atoms with E-state index in [2.05, 4.69) is 89.5 Å². The smallest absolute Gasteiger partial charge is 0.321 e. The maximum absolute atomic E-state index is 14.3. The molecule has 0 aromatic heterocycles. The van der Waals surface area contributed by atoms with E-state index in [1.54, 1.807) is 0 Å². The Hall–Kier alpha value is -11.3. The number of alkyl halides is 9. The summed E-state index contributed by atoms with van der Waals surface area (Å²) in [5.74, 6) is -12.2. The van der Waals surface area contributed by atoms with E-state index in [4.69, 9.17) is 101 Å². The number of nitrogens with two attached hydrogens (primary N) is 6. The number of aliphatic hydroxyl groups is 14. The highest BCUT2D eigenvalue weighted by Crippen LogP contribution is 2.50. The van der Waals surface area contributed by atoms with Crippen LogP contribution in [-0.4, -0.2) is 339 Å². The predicted molar refractivity (Wildman–Crippen MR) is 401 cm³/mol. The van der Waals surface area contributed by atoms with Gasteiger partial charge >= 0.3 is 23.7 Å². The third-order valence-corrected chi connectivity index (χ3v) is 19.5. The molecule has 12 rings (SSSR count). The van der Waals surface area contributed by atoms with E-state index < -0.39 is 196 Å². The molecule has 20 atom stereocenters. The van der Waals surface area contributed by atoms with E-state index >= 15 is 0 Å². The number of hydrogen-bond donors (Lipinski definition) is 20. The van der Waals surface area contributed by atoms with Gasteiger partial charge in [-0.1, -0.05) is 55.6 Å². The molecule has 0 amide bonds. The van der Waals surface area contributed by atoms with Crippen LogP contribution in [0.15, 0.2) is 188 Å². The number of rotatable bonds is 17. The fourth-order valence-electron chi connectivity index (χ4n) is 12.6. The summed E-state index contributed by atoms with van der Waals surface area (Å²) in [6, 6.07) is 1.38. The molecule has 0 aromatic carbocycles. The maximum Gasteiger partial charge on any atom is 0.321 e. The molecule has 0 saturated carbocycles. The number of nitrogens with zero attached hydrogens (tertiary/aromatic N) is 19. The monoisotopic (exact) mass is 1730 g/mol. The van der Waals surface area contributed by atoms with Crippen LogP contribution in [0.2, 0.25) is 0 Å². The fourth-order valence-corrected chi connectivity index (χ4v) is 12.6. The lowest BCUT2D eigenvalue weighted by atomic mass is 9.95. The second-order valence-electron chi connectivity index (χ2n) is 27.5. The van der Waals surface area contributed by atoms with Crippen molar-refractivity contribution >= 4 is 35.0 Å². The molecule has 0 radical (unpaired) electrons. The lowest BCUT2D eigenvalue weighted by molar-refractivity contribution is -0.153. The number of aliphatic hydroxyl groups excluding tert-OH is 13. The molecule has 0 unspecified atom stereocenters. The van der Waals surface area contributed by atoms with Crippen LogP contribution in [0, 0.1) is 23.7 Å². The molecule has 54 heteroatoms. The summed E-state index contributed by atoms with van der Waals surface area (Å²) < 4.78 is 158. The highest BCUT2D eigenvalue weighted by molar-refractivity contribution is 5.95. The topological polar surface area (TPSA) is 710 Å². The number of halogens is 9. The van der Waals surface area contributed by atoms with Gasteiger partial charge < -0.3 is 164 Å². The molecule has 0 aliphatic carbocycles. The number of terminal acetylenes is 1. The van der Waals surface area contributed by atoms with E-state index in [0.29, 0.717) is 0 Å². The molecule has 6 fully saturated rings. The summed E-state index contributed by atoms with van der Waals surface area (Å²) in [4.78, 5) is 33.9. The average Bonchev–Trinajstić information content (AvgIpc) is 1.70. The van der Waals surface area contributed by atoms with Gasteiger partial charge in [0, 0.05) is 47.0 Å². The van der Waals surface area contributed by atoms with E-state index in [0.717, 1.165) is 25.8 Å². The molecule has 0 bridgehead atoms. The molecule has 12 aliphatic rings. The second-order valence-corrected chi connectivity index (χ2v) is 27.5. The molecular formula is C67H86F9N25O20. The Bertz CT molecular complexity index is 4420. The maximum atomic E-state index is 14.3. The summed E-state index contributed by atoms with van der Waals surface area (Å²) >= 11 is 0. The van der Waals surface area contributed by atoms with E-state index in [9.17, 15) is 95.7 Å². The van der Waals surface area contributed by atoms with Crippen molar-refractivity contribution in [2.45, 2.75) is 150 Å². The van der Waals surface area contributed by atoms with Crippen LogP contribution in [0.4, 0.5) is 39.5 Å². The highest BCUT2D eigenvalue weighted by atomic mass is 19.3. The van der Waals surface area contributed by atoms with Gasteiger partial charge in [0.2, 0.25) is 30.5 Å². The molecule has 45 nitrogen and oxygen atoms in total. The lowest BCUT2D eigenvalue weighted by Gasteiger charge is -2.36. The molecule has 0 spiro atoms. The summed E-state index contributed by atoms with van der Waals surface area (Å²) in [6.45, 7) is 15.3. The molecule has 121 heavy (non-hydrogen) atoms. The minimum Gasteiger partial charge on any atom is -0.394 e. The van der Waals surface area contributed by atoms with E-state index in [-0.39, 0.29) is 76.5 Å². The first kappa shape index (κ1) is 96.9. The van der Waals surface area contributed by atoms with Gasteiger partial charge in [-0.25, -0.2) is 34.3 Å². The first-order valence-corrected chi connectivity index (χ1v) is 34.6. The van der Waals surface area contributed by atoms with Gasteiger partial charge in [0.05, 0.1) is 52.7 Å². The molecule has 12 heterocycles. The third-order valence-electron chi connectivity index (χ3n) is 19.5. The van der Waals surface area contributed by atoms with Gasteiger partial charge in [-0.15, -0.1) is 6.42 Å². The van der Waals surface area contributed by atoms with Crippen LogP contribution >= 0.6 is 0 Å². The molecule has 12 aliphatic heterocycles.